The number of hydrogen-bond donors (Lipinski definition) is 0. The lowest BCUT2D eigenvalue weighted by atomic mass is 10.1. The summed E-state index contributed by atoms with van der Waals surface area (Å²) in [5, 5.41) is 0. The predicted octanol–water partition coefficient (Wildman–Crippen LogP) is 3.92. The molecule has 1 heterocycles. The zero-order chi connectivity index (χ0) is 9.68. The highest BCUT2D eigenvalue weighted by molar-refractivity contribution is 7.99. The van der Waals surface area contributed by atoms with E-state index in [0.717, 1.165) is 6.42 Å². The van der Waals surface area contributed by atoms with E-state index in [9.17, 15) is 0 Å². The summed E-state index contributed by atoms with van der Waals surface area (Å²) in [6, 6.07) is 6.88. The van der Waals surface area contributed by atoms with Gasteiger partial charge in [0, 0.05) is 10.6 Å². The highest BCUT2D eigenvalue weighted by Gasteiger charge is 2.10. The van der Waals surface area contributed by atoms with Crippen LogP contribution in [0.4, 0.5) is 0 Å². The fourth-order valence-electron chi connectivity index (χ4n) is 1.43. The van der Waals surface area contributed by atoms with E-state index in [4.69, 9.17) is 0 Å². The molecular formula is C12H18S. The van der Waals surface area contributed by atoms with Crippen LogP contribution in [0.3, 0.4) is 0 Å². The van der Waals surface area contributed by atoms with Gasteiger partial charge in [-0.05, 0) is 30.0 Å². The average Bonchev–Trinajstić information content (AvgIpc) is 2.67. The van der Waals surface area contributed by atoms with Crippen LogP contribution in [0.1, 0.15) is 31.9 Å². The first-order chi connectivity index (χ1) is 6.40. The highest BCUT2D eigenvalue weighted by atomic mass is 32.2. The van der Waals surface area contributed by atoms with E-state index in [1.165, 1.54) is 22.6 Å². The third-order valence-corrected chi connectivity index (χ3v) is 3.27. The second-order valence-corrected chi connectivity index (χ2v) is 4.03. The maximum atomic E-state index is 2.34. The van der Waals surface area contributed by atoms with Crippen molar-refractivity contribution in [1.82, 2.24) is 0 Å². The molecular weight excluding hydrogens is 176 g/mol. The second kappa shape index (κ2) is 5.33. The smallest absolute Gasteiger partial charge is 0.0107 e. The summed E-state index contributed by atoms with van der Waals surface area (Å²) in [5.41, 5.74) is 3.02. The zero-order valence-corrected chi connectivity index (χ0v) is 9.58. The molecule has 0 saturated carbocycles. The van der Waals surface area contributed by atoms with Gasteiger partial charge in [0.2, 0.25) is 0 Å². The number of fused-ring (bicyclic) bond motifs is 1. The topological polar surface area (TPSA) is 0 Å². The van der Waals surface area contributed by atoms with E-state index in [2.05, 4.69) is 25.1 Å². The van der Waals surface area contributed by atoms with Gasteiger partial charge < -0.3 is 0 Å². The number of rotatable bonds is 1. The molecule has 0 fully saturated rings. The van der Waals surface area contributed by atoms with Crippen molar-refractivity contribution in [2.45, 2.75) is 38.5 Å². The molecule has 0 unspecified atom stereocenters. The van der Waals surface area contributed by atoms with Crippen LogP contribution in [-0.2, 0) is 12.8 Å². The molecule has 0 N–H and O–H groups in total. The van der Waals surface area contributed by atoms with Crippen molar-refractivity contribution in [3.05, 3.63) is 29.3 Å². The van der Waals surface area contributed by atoms with E-state index in [-0.39, 0.29) is 0 Å². The van der Waals surface area contributed by atoms with Crippen LogP contribution in [0.5, 0.6) is 0 Å². The maximum Gasteiger partial charge on any atom is 0.0107 e. The summed E-state index contributed by atoms with van der Waals surface area (Å²) in [4.78, 5) is 1.52. The SMILES string of the molecule is CC.CCc1ccc2c(c1)SCC2. The molecule has 0 nitrogen and oxygen atoms in total. The van der Waals surface area contributed by atoms with Gasteiger partial charge in [0.1, 0.15) is 0 Å². The number of aryl methyl sites for hydroxylation is 2. The van der Waals surface area contributed by atoms with Crippen LogP contribution < -0.4 is 0 Å². The zero-order valence-electron chi connectivity index (χ0n) is 8.76. The Morgan fingerprint density at radius 3 is 2.77 bits per heavy atom. The van der Waals surface area contributed by atoms with E-state index in [1.54, 1.807) is 5.56 Å². The number of thioether (sulfide) groups is 1. The van der Waals surface area contributed by atoms with Gasteiger partial charge in [-0.2, -0.15) is 0 Å². The highest BCUT2D eigenvalue weighted by Crippen LogP contribution is 2.31. The maximum absolute atomic E-state index is 2.34. The average molecular weight is 194 g/mol. The lowest BCUT2D eigenvalue weighted by Gasteiger charge is -2.00. The van der Waals surface area contributed by atoms with Gasteiger partial charge in [-0.3, -0.25) is 0 Å². The largest absolute Gasteiger partial charge is 0.126 e. The molecule has 13 heavy (non-hydrogen) atoms. The normalized spacial score (nSPS) is 13.2. The Kier molecular flexibility index (Phi) is 4.37. The van der Waals surface area contributed by atoms with E-state index < -0.39 is 0 Å². The number of hydrogen-bond acceptors (Lipinski definition) is 1. The van der Waals surface area contributed by atoms with Crippen molar-refractivity contribution in [2.75, 3.05) is 5.75 Å². The fraction of sp³-hybridized carbons (Fsp3) is 0.500. The van der Waals surface area contributed by atoms with Crippen LogP contribution in [0, 0.1) is 0 Å². The summed E-state index contributed by atoms with van der Waals surface area (Å²) in [7, 11) is 0. The molecule has 2 rings (SSSR count). The summed E-state index contributed by atoms with van der Waals surface area (Å²) in [6.07, 6.45) is 2.43. The molecule has 1 aliphatic heterocycles. The van der Waals surface area contributed by atoms with E-state index in [0.29, 0.717) is 0 Å². The quantitative estimate of drug-likeness (QED) is 0.653. The summed E-state index contributed by atoms with van der Waals surface area (Å²) < 4.78 is 0. The summed E-state index contributed by atoms with van der Waals surface area (Å²) >= 11 is 2.00. The molecule has 0 aromatic heterocycles. The lowest BCUT2D eigenvalue weighted by Crippen LogP contribution is -1.83. The van der Waals surface area contributed by atoms with Crippen molar-refractivity contribution in [1.29, 1.82) is 0 Å². The molecule has 1 aromatic carbocycles. The Hall–Kier alpha value is -0.430. The van der Waals surface area contributed by atoms with Gasteiger partial charge in [-0.1, -0.05) is 32.9 Å². The monoisotopic (exact) mass is 194 g/mol. The van der Waals surface area contributed by atoms with Crippen LogP contribution in [0.2, 0.25) is 0 Å². The van der Waals surface area contributed by atoms with Gasteiger partial charge in [-0.15, -0.1) is 11.8 Å². The van der Waals surface area contributed by atoms with Crippen molar-refractivity contribution in [3.63, 3.8) is 0 Å². The van der Waals surface area contributed by atoms with Gasteiger partial charge in [-0.25, -0.2) is 0 Å². The van der Waals surface area contributed by atoms with E-state index >= 15 is 0 Å². The van der Waals surface area contributed by atoms with Crippen molar-refractivity contribution in [2.24, 2.45) is 0 Å². The van der Waals surface area contributed by atoms with Gasteiger partial charge in [0.05, 0.1) is 0 Å². The Balaban J connectivity index is 0.000000396. The Morgan fingerprint density at radius 1 is 1.31 bits per heavy atom. The summed E-state index contributed by atoms with van der Waals surface area (Å²) in [5.74, 6) is 1.28. The van der Waals surface area contributed by atoms with Crippen LogP contribution >= 0.6 is 11.8 Å². The minimum atomic E-state index is 1.16. The van der Waals surface area contributed by atoms with Gasteiger partial charge >= 0.3 is 0 Å². The van der Waals surface area contributed by atoms with Crippen molar-refractivity contribution < 1.29 is 0 Å². The molecule has 1 aromatic rings. The first kappa shape index (κ1) is 10.6. The predicted molar refractivity (Wildman–Crippen MR) is 61.6 cm³/mol. The molecule has 0 atom stereocenters. The molecule has 0 amide bonds. The molecule has 0 radical (unpaired) electrons. The Labute approximate surface area is 85.7 Å². The molecule has 1 aliphatic rings. The van der Waals surface area contributed by atoms with Gasteiger partial charge in [0.15, 0.2) is 0 Å². The standard InChI is InChI=1S/C10H12S.C2H6/c1-2-8-3-4-9-5-6-11-10(9)7-8;1-2/h3-4,7H,2,5-6H2,1H3;1-2H3. The fourth-order valence-corrected chi connectivity index (χ4v) is 2.56. The third kappa shape index (κ3) is 2.50. The van der Waals surface area contributed by atoms with Crippen molar-refractivity contribution in [3.8, 4) is 0 Å². The minimum Gasteiger partial charge on any atom is -0.126 e. The first-order valence-electron chi connectivity index (χ1n) is 5.15. The van der Waals surface area contributed by atoms with Gasteiger partial charge in [0.25, 0.3) is 0 Å². The second-order valence-electron chi connectivity index (χ2n) is 2.89. The van der Waals surface area contributed by atoms with E-state index in [1.807, 2.05) is 25.6 Å². The Morgan fingerprint density at radius 2 is 2.08 bits per heavy atom. The first-order valence-corrected chi connectivity index (χ1v) is 6.13. The van der Waals surface area contributed by atoms with Crippen LogP contribution in [0.15, 0.2) is 23.1 Å². The Bertz CT molecular complexity index is 266. The third-order valence-electron chi connectivity index (χ3n) is 2.17. The summed E-state index contributed by atoms with van der Waals surface area (Å²) in [6.45, 7) is 6.21. The minimum absolute atomic E-state index is 1.16. The molecule has 0 bridgehead atoms. The molecule has 1 heteroatoms. The van der Waals surface area contributed by atoms with Crippen LogP contribution in [0.25, 0.3) is 0 Å². The number of benzene rings is 1. The molecule has 72 valence electrons. The molecule has 0 aliphatic carbocycles. The molecule has 0 spiro atoms. The lowest BCUT2D eigenvalue weighted by molar-refractivity contribution is 1.09. The van der Waals surface area contributed by atoms with Crippen LogP contribution in [-0.4, -0.2) is 5.75 Å². The molecule has 0 saturated heterocycles. The van der Waals surface area contributed by atoms with Crippen molar-refractivity contribution >= 4 is 11.8 Å².